The van der Waals surface area contributed by atoms with Gasteiger partial charge in [-0.25, -0.2) is 0 Å². The first-order valence-corrected chi connectivity index (χ1v) is 7.56. The van der Waals surface area contributed by atoms with Crippen LogP contribution in [0.4, 0.5) is 0 Å². The minimum atomic E-state index is 0.588. The molecule has 0 bridgehead atoms. The monoisotopic (exact) mass is 275 g/mol. The Balaban J connectivity index is 2.10. The van der Waals surface area contributed by atoms with Gasteiger partial charge in [0.05, 0.1) is 13.2 Å². The second-order valence-electron chi connectivity index (χ2n) is 5.11. The summed E-state index contributed by atoms with van der Waals surface area (Å²) in [5, 5.41) is 3.46. The first kappa shape index (κ1) is 14.9. The van der Waals surface area contributed by atoms with Crippen molar-refractivity contribution in [2.24, 2.45) is 0 Å². The van der Waals surface area contributed by atoms with Gasteiger partial charge < -0.3 is 14.8 Å². The van der Waals surface area contributed by atoms with Gasteiger partial charge in [0.1, 0.15) is 0 Å². The zero-order valence-corrected chi connectivity index (χ0v) is 12.4. The Hall–Kier alpha value is -1.48. The number of ether oxygens (including phenoxy) is 2. The molecule has 1 saturated heterocycles. The van der Waals surface area contributed by atoms with E-state index in [1.165, 1.54) is 18.4 Å². The van der Waals surface area contributed by atoms with Gasteiger partial charge in [-0.2, -0.15) is 0 Å². The fourth-order valence-electron chi connectivity index (χ4n) is 2.55. The molecule has 1 N–H and O–H groups in total. The largest absolute Gasteiger partial charge is 0.490 e. The van der Waals surface area contributed by atoms with Crippen molar-refractivity contribution in [3.8, 4) is 11.5 Å². The number of benzene rings is 1. The molecule has 110 valence electrons. The van der Waals surface area contributed by atoms with Crippen LogP contribution in [0.2, 0.25) is 0 Å². The Kier molecular flexibility index (Phi) is 5.93. The molecule has 0 spiro atoms. The predicted molar refractivity (Wildman–Crippen MR) is 82.8 cm³/mol. The second kappa shape index (κ2) is 7.95. The average molecular weight is 275 g/mol. The maximum absolute atomic E-state index is 5.76. The van der Waals surface area contributed by atoms with Gasteiger partial charge >= 0.3 is 0 Å². The Labute approximate surface area is 122 Å². The number of rotatable bonds is 7. The average Bonchev–Trinajstić information content (AvgIpc) is 2.50. The van der Waals surface area contributed by atoms with E-state index in [1.807, 2.05) is 19.1 Å². The lowest BCUT2D eigenvalue weighted by Crippen LogP contribution is -2.28. The zero-order chi connectivity index (χ0) is 14.2. The molecule has 1 fully saturated rings. The summed E-state index contributed by atoms with van der Waals surface area (Å²) in [6.45, 7) is 9.21. The number of hydrogen-bond acceptors (Lipinski definition) is 3. The van der Waals surface area contributed by atoms with Crippen LogP contribution < -0.4 is 14.8 Å². The lowest BCUT2D eigenvalue weighted by molar-refractivity contribution is 0.280. The molecule has 1 heterocycles. The maximum Gasteiger partial charge on any atom is 0.161 e. The van der Waals surface area contributed by atoms with Gasteiger partial charge in [0.2, 0.25) is 0 Å². The van der Waals surface area contributed by atoms with Crippen LogP contribution in [-0.4, -0.2) is 26.3 Å². The molecule has 1 aliphatic heterocycles. The van der Waals surface area contributed by atoms with E-state index < -0.39 is 0 Å². The van der Waals surface area contributed by atoms with E-state index in [2.05, 4.69) is 24.0 Å². The Morgan fingerprint density at radius 1 is 1.35 bits per heavy atom. The SMILES string of the molecule is C=CCCOc1ccc(C2CCCNC2)cc1OCC. The summed E-state index contributed by atoms with van der Waals surface area (Å²) in [6, 6.07) is 6.35. The maximum atomic E-state index is 5.76. The van der Waals surface area contributed by atoms with Gasteiger partial charge in [0.15, 0.2) is 11.5 Å². The minimum absolute atomic E-state index is 0.588. The van der Waals surface area contributed by atoms with Gasteiger partial charge in [0, 0.05) is 6.54 Å². The summed E-state index contributed by atoms with van der Waals surface area (Å²) in [5.74, 6) is 2.28. The highest BCUT2D eigenvalue weighted by atomic mass is 16.5. The molecule has 0 saturated carbocycles. The molecule has 1 aromatic rings. The zero-order valence-electron chi connectivity index (χ0n) is 12.4. The Morgan fingerprint density at radius 2 is 2.25 bits per heavy atom. The molecule has 1 unspecified atom stereocenters. The van der Waals surface area contributed by atoms with Crippen molar-refractivity contribution in [3.05, 3.63) is 36.4 Å². The van der Waals surface area contributed by atoms with E-state index in [0.717, 1.165) is 31.0 Å². The van der Waals surface area contributed by atoms with E-state index in [0.29, 0.717) is 19.1 Å². The summed E-state index contributed by atoms with van der Waals surface area (Å²) in [6.07, 6.45) is 5.20. The lowest BCUT2D eigenvalue weighted by atomic mass is 9.91. The molecule has 0 aliphatic carbocycles. The quantitative estimate of drug-likeness (QED) is 0.610. The van der Waals surface area contributed by atoms with Crippen molar-refractivity contribution in [3.63, 3.8) is 0 Å². The molecule has 0 amide bonds. The van der Waals surface area contributed by atoms with E-state index in [9.17, 15) is 0 Å². The van der Waals surface area contributed by atoms with Crippen LogP contribution >= 0.6 is 0 Å². The molecule has 1 aliphatic rings. The predicted octanol–water partition coefficient (Wildman–Crippen LogP) is 3.51. The molecular weight excluding hydrogens is 250 g/mol. The van der Waals surface area contributed by atoms with Gasteiger partial charge in [-0.1, -0.05) is 12.1 Å². The van der Waals surface area contributed by atoms with Crippen molar-refractivity contribution in [2.75, 3.05) is 26.3 Å². The molecule has 20 heavy (non-hydrogen) atoms. The molecular formula is C17H25NO2. The van der Waals surface area contributed by atoms with Crippen molar-refractivity contribution in [1.29, 1.82) is 0 Å². The molecule has 3 nitrogen and oxygen atoms in total. The van der Waals surface area contributed by atoms with Crippen LogP contribution in [0.25, 0.3) is 0 Å². The van der Waals surface area contributed by atoms with Gasteiger partial charge in [-0.3, -0.25) is 0 Å². The smallest absolute Gasteiger partial charge is 0.161 e. The third-order valence-corrected chi connectivity index (χ3v) is 3.62. The summed E-state index contributed by atoms with van der Waals surface area (Å²) in [7, 11) is 0. The van der Waals surface area contributed by atoms with Crippen LogP contribution in [0.15, 0.2) is 30.9 Å². The van der Waals surface area contributed by atoms with Crippen molar-refractivity contribution < 1.29 is 9.47 Å². The summed E-state index contributed by atoms with van der Waals surface area (Å²) < 4.78 is 11.5. The van der Waals surface area contributed by atoms with Crippen LogP contribution in [0.1, 0.15) is 37.7 Å². The summed E-state index contributed by atoms with van der Waals surface area (Å²) >= 11 is 0. The standard InChI is InChI=1S/C17H25NO2/c1-3-5-11-20-16-9-8-14(12-17(16)19-4-2)15-7-6-10-18-13-15/h3,8-9,12,15,18H,1,4-7,10-11,13H2,2H3. The minimum Gasteiger partial charge on any atom is -0.490 e. The third-order valence-electron chi connectivity index (χ3n) is 3.62. The summed E-state index contributed by atoms with van der Waals surface area (Å²) in [4.78, 5) is 0. The molecule has 1 aromatic carbocycles. The molecule has 0 radical (unpaired) electrons. The van der Waals surface area contributed by atoms with E-state index in [1.54, 1.807) is 0 Å². The first-order chi connectivity index (χ1) is 9.85. The van der Waals surface area contributed by atoms with Crippen LogP contribution in [0.3, 0.4) is 0 Å². The fourth-order valence-corrected chi connectivity index (χ4v) is 2.55. The second-order valence-corrected chi connectivity index (χ2v) is 5.11. The van der Waals surface area contributed by atoms with E-state index in [-0.39, 0.29) is 0 Å². The Morgan fingerprint density at radius 3 is 2.95 bits per heavy atom. The van der Waals surface area contributed by atoms with Crippen molar-refractivity contribution in [2.45, 2.75) is 32.1 Å². The number of nitrogens with one attached hydrogen (secondary N) is 1. The first-order valence-electron chi connectivity index (χ1n) is 7.56. The van der Waals surface area contributed by atoms with Gasteiger partial charge in [-0.05, 0) is 56.3 Å². The molecule has 1 atom stereocenters. The van der Waals surface area contributed by atoms with E-state index in [4.69, 9.17) is 9.47 Å². The Bertz CT molecular complexity index is 425. The number of hydrogen-bond donors (Lipinski definition) is 1. The topological polar surface area (TPSA) is 30.5 Å². The third kappa shape index (κ3) is 4.01. The molecule has 0 aromatic heterocycles. The van der Waals surface area contributed by atoms with Crippen molar-refractivity contribution >= 4 is 0 Å². The summed E-state index contributed by atoms with van der Waals surface area (Å²) in [5.41, 5.74) is 1.34. The lowest BCUT2D eigenvalue weighted by Gasteiger charge is -2.24. The van der Waals surface area contributed by atoms with Crippen molar-refractivity contribution in [1.82, 2.24) is 5.32 Å². The van der Waals surface area contributed by atoms with Gasteiger partial charge in [-0.15, -0.1) is 6.58 Å². The van der Waals surface area contributed by atoms with Crippen LogP contribution in [0.5, 0.6) is 11.5 Å². The van der Waals surface area contributed by atoms with Crippen LogP contribution in [0, 0.1) is 0 Å². The highest BCUT2D eigenvalue weighted by Crippen LogP contribution is 2.33. The number of piperidine rings is 1. The molecule has 2 rings (SSSR count). The fraction of sp³-hybridized carbons (Fsp3) is 0.529. The van der Waals surface area contributed by atoms with Gasteiger partial charge in [0.25, 0.3) is 0 Å². The molecule has 3 heteroatoms. The van der Waals surface area contributed by atoms with Crippen LogP contribution in [-0.2, 0) is 0 Å². The highest BCUT2D eigenvalue weighted by molar-refractivity contribution is 5.44. The highest BCUT2D eigenvalue weighted by Gasteiger charge is 2.17. The van der Waals surface area contributed by atoms with E-state index >= 15 is 0 Å². The normalized spacial score (nSPS) is 18.6.